The first-order chi connectivity index (χ1) is 20.1. The molecule has 0 amide bonds. The Bertz CT molecular complexity index is 1470. The summed E-state index contributed by atoms with van der Waals surface area (Å²) < 4.78 is 18.2. The van der Waals surface area contributed by atoms with Crippen LogP contribution in [0.15, 0.2) is 59.7 Å². The zero-order valence-electron chi connectivity index (χ0n) is 25.8. The van der Waals surface area contributed by atoms with Crippen LogP contribution >= 0.6 is 0 Å². The van der Waals surface area contributed by atoms with Gasteiger partial charge in [-0.25, -0.2) is 0 Å². The summed E-state index contributed by atoms with van der Waals surface area (Å²) in [5, 5.41) is 9.31. The maximum Gasteiger partial charge on any atom is 0.309 e. The number of ether oxygens (including phenoxy) is 3. The average Bonchev–Trinajstić information content (AvgIpc) is 3.57. The van der Waals surface area contributed by atoms with Crippen LogP contribution in [0, 0.1) is 60.2 Å². The van der Waals surface area contributed by atoms with Crippen molar-refractivity contribution in [1.29, 1.82) is 5.26 Å². The number of benzene rings is 2. The maximum absolute atomic E-state index is 12.4. The fourth-order valence-electron chi connectivity index (χ4n) is 7.63. The molecule has 3 saturated carbocycles. The van der Waals surface area contributed by atoms with Crippen LogP contribution in [0.5, 0.6) is 5.75 Å². The van der Waals surface area contributed by atoms with Crippen molar-refractivity contribution in [1.82, 2.24) is 0 Å². The van der Waals surface area contributed by atoms with Crippen molar-refractivity contribution in [3.63, 3.8) is 0 Å². The highest BCUT2D eigenvalue weighted by Crippen LogP contribution is 2.63. The molecule has 220 valence electrons. The molecule has 0 N–H and O–H groups in total. The smallest absolute Gasteiger partial charge is 0.309 e. The van der Waals surface area contributed by atoms with Gasteiger partial charge in [-0.2, -0.15) is 5.26 Å². The van der Waals surface area contributed by atoms with Crippen LogP contribution in [0.2, 0.25) is 0 Å². The molecule has 0 aliphatic heterocycles. The third kappa shape index (κ3) is 5.31. The minimum Gasteiger partial charge on any atom is -0.490 e. The Morgan fingerprint density at radius 1 is 1.10 bits per heavy atom. The van der Waals surface area contributed by atoms with Crippen LogP contribution in [0.4, 0.5) is 0 Å². The first-order valence-electron chi connectivity index (χ1n) is 15.6. The molecule has 0 heterocycles. The third-order valence-corrected chi connectivity index (χ3v) is 10.2. The van der Waals surface area contributed by atoms with Crippen LogP contribution in [-0.2, 0) is 20.9 Å². The van der Waals surface area contributed by atoms with Crippen LogP contribution in [0.3, 0.4) is 0 Å². The SMILES string of the molecule is CCOC(=O)C1C2CC3=CC(OCc4cccc(-c5c(C)cc(OC6CC(C)(C#N)C6)cc5C)c4)C(C)C(C)C=C3C21. The first kappa shape index (κ1) is 28.7. The average molecular weight is 566 g/mol. The number of aryl methyl sites for hydroxylation is 2. The summed E-state index contributed by atoms with van der Waals surface area (Å²) in [6.07, 6.45) is 7.40. The Morgan fingerprint density at radius 2 is 1.83 bits per heavy atom. The molecule has 2 aromatic carbocycles. The van der Waals surface area contributed by atoms with E-state index in [4.69, 9.17) is 14.2 Å². The minimum absolute atomic E-state index is 0.0280. The zero-order valence-corrected chi connectivity index (χ0v) is 25.8. The molecule has 4 aliphatic carbocycles. The van der Waals surface area contributed by atoms with Gasteiger partial charge in [-0.05, 0) is 109 Å². The van der Waals surface area contributed by atoms with Crippen molar-refractivity contribution in [3.05, 3.63) is 76.4 Å². The lowest BCUT2D eigenvalue weighted by molar-refractivity contribution is -0.145. The van der Waals surface area contributed by atoms with Gasteiger partial charge in [0, 0.05) is 18.8 Å². The Labute approximate surface area is 250 Å². The van der Waals surface area contributed by atoms with Gasteiger partial charge in [0.05, 0.1) is 36.7 Å². The van der Waals surface area contributed by atoms with Gasteiger partial charge < -0.3 is 14.2 Å². The normalized spacial score (nSPS) is 32.7. The topological polar surface area (TPSA) is 68.6 Å². The van der Waals surface area contributed by atoms with Gasteiger partial charge in [-0.3, -0.25) is 4.79 Å². The zero-order chi connectivity index (χ0) is 29.8. The predicted octanol–water partition coefficient (Wildman–Crippen LogP) is 7.89. The molecule has 0 spiro atoms. The molecule has 0 bridgehead atoms. The standard InChI is InChI=1S/C37H43NO4/c1-7-40-36(39)35-31-15-27-16-32(24(5)21(2)13-30(27)34(31)35)41-19-25-9-8-10-26(14-25)33-22(3)11-28(12-23(33)4)42-29-17-37(6,18-29)20-38/h8-14,16,21,24,29,31-32,34-35H,7,15,17-19H2,1-6H3. The number of allylic oxidation sites excluding steroid dienone is 3. The highest BCUT2D eigenvalue weighted by Gasteiger charge is 2.62. The molecule has 5 nitrogen and oxygen atoms in total. The van der Waals surface area contributed by atoms with Crippen molar-refractivity contribution in [2.24, 2.45) is 35.0 Å². The number of rotatable bonds is 8. The van der Waals surface area contributed by atoms with E-state index in [0.717, 1.165) is 30.6 Å². The Hall–Kier alpha value is -3.36. The lowest BCUT2D eigenvalue weighted by Gasteiger charge is -2.39. The molecular weight excluding hydrogens is 522 g/mol. The van der Waals surface area contributed by atoms with Crippen LogP contribution in [0.1, 0.15) is 63.6 Å². The molecular formula is C37H43NO4. The highest BCUT2D eigenvalue weighted by molar-refractivity contribution is 5.79. The van der Waals surface area contributed by atoms with Gasteiger partial charge in [0.15, 0.2) is 0 Å². The second-order valence-corrected chi connectivity index (χ2v) is 13.4. The molecule has 0 radical (unpaired) electrons. The van der Waals surface area contributed by atoms with Gasteiger partial charge in [0.25, 0.3) is 0 Å². The Kier molecular flexibility index (Phi) is 7.56. The second kappa shape index (κ2) is 11.0. The van der Waals surface area contributed by atoms with Gasteiger partial charge in [-0.1, -0.05) is 44.2 Å². The monoisotopic (exact) mass is 565 g/mol. The Morgan fingerprint density at radius 3 is 2.52 bits per heavy atom. The molecule has 42 heavy (non-hydrogen) atoms. The fourth-order valence-corrected chi connectivity index (χ4v) is 7.63. The molecule has 4 aliphatic rings. The number of carbonyl (C=O) groups is 1. The number of hydrogen-bond acceptors (Lipinski definition) is 5. The lowest BCUT2D eigenvalue weighted by atomic mass is 9.69. The number of nitriles is 1. The molecule has 2 aromatic rings. The van der Waals surface area contributed by atoms with Gasteiger partial charge in [-0.15, -0.1) is 0 Å². The minimum atomic E-state index is -0.246. The molecule has 6 unspecified atom stereocenters. The summed E-state index contributed by atoms with van der Waals surface area (Å²) in [5.41, 5.74) is 8.42. The number of fused-ring (bicyclic) bond motifs is 3. The van der Waals surface area contributed by atoms with Gasteiger partial charge in [0.2, 0.25) is 0 Å². The lowest BCUT2D eigenvalue weighted by Crippen LogP contribution is -2.41. The van der Waals surface area contributed by atoms with Gasteiger partial charge >= 0.3 is 5.97 Å². The summed E-state index contributed by atoms with van der Waals surface area (Å²) in [4.78, 5) is 12.4. The van der Waals surface area contributed by atoms with E-state index in [1.807, 2.05) is 13.8 Å². The summed E-state index contributed by atoms with van der Waals surface area (Å²) in [6, 6.07) is 15.3. The van der Waals surface area contributed by atoms with Crippen molar-refractivity contribution in [2.75, 3.05) is 6.61 Å². The van der Waals surface area contributed by atoms with Crippen molar-refractivity contribution >= 4 is 5.97 Å². The molecule has 6 atom stereocenters. The summed E-state index contributed by atoms with van der Waals surface area (Å²) in [5.74, 6) is 2.33. The van der Waals surface area contributed by atoms with E-state index in [-0.39, 0.29) is 29.5 Å². The van der Waals surface area contributed by atoms with Crippen LogP contribution < -0.4 is 4.74 Å². The number of carbonyl (C=O) groups excluding carboxylic acids is 1. The molecule has 0 saturated heterocycles. The van der Waals surface area contributed by atoms with Crippen molar-refractivity contribution < 1.29 is 19.0 Å². The van der Waals surface area contributed by atoms with E-state index in [1.54, 1.807) is 0 Å². The third-order valence-electron chi connectivity index (χ3n) is 10.2. The number of nitrogens with zero attached hydrogens (tertiary/aromatic N) is 1. The first-order valence-corrected chi connectivity index (χ1v) is 15.6. The predicted molar refractivity (Wildman–Crippen MR) is 164 cm³/mol. The summed E-state index contributed by atoms with van der Waals surface area (Å²) in [6.45, 7) is 13.7. The van der Waals surface area contributed by atoms with Crippen LogP contribution in [0.25, 0.3) is 11.1 Å². The molecule has 5 heteroatoms. The van der Waals surface area contributed by atoms with E-state index in [1.165, 1.54) is 33.4 Å². The van der Waals surface area contributed by atoms with Crippen LogP contribution in [-0.4, -0.2) is 24.8 Å². The second-order valence-electron chi connectivity index (χ2n) is 13.4. The highest BCUT2D eigenvalue weighted by atomic mass is 16.5. The van der Waals surface area contributed by atoms with E-state index < -0.39 is 0 Å². The quantitative estimate of drug-likeness (QED) is 0.304. The number of hydrogen-bond donors (Lipinski definition) is 0. The molecule has 6 rings (SSSR count). The summed E-state index contributed by atoms with van der Waals surface area (Å²) >= 11 is 0. The largest absolute Gasteiger partial charge is 0.490 e. The van der Waals surface area contributed by atoms with Crippen molar-refractivity contribution in [2.45, 2.75) is 79.6 Å². The fraction of sp³-hybridized carbons (Fsp3) is 0.514. The van der Waals surface area contributed by atoms with E-state index in [9.17, 15) is 10.1 Å². The van der Waals surface area contributed by atoms with E-state index in [2.05, 4.69) is 82.3 Å². The maximum atomic E-state index is 12.4. The molecule has 0 aromatic heterocycles. The van der Waals surface area contributed by atoms with E-state index >= 15 is 0 Å². The number of esters is 1. The molecule has 3 fully saturated rings. The van der Waals surface area contributed by atoms with E-state index in [0.29, 0.717) is 36.9 Å². The summed E-state index contributed by atoms with van der Waals surface area (Å²) in [7, 11) is 0. The van der Waals surface area contributed by atoms with Gasteiger partial charge in [0.1, 0.15) is 11.9 Å². The Balaban J connectivity index is 1.13. The van der Waals surface area contributed by atoms with Crippen molar-refractivity contribution in [3.8, 4) is 22.9 Å².